The standard InChI is InChI=1S/C10H8F3N3S2/c11-10(12,13)7-4-2-1-3-6(7)5-14-8-15-16-9(17)18-8/h1-4H,5H2,(H,14,15)(H,16,17). The van der Waals surface area contributed by atoms with E-state index in [0.717, 1.165) is 6.07 Å². The summed E-state index contributed by atoms with van der Waals surface area (Å²) in [4.78, 5) is 0. The van der Waals surface area contributed by atoms with Gasteiger partial charge in [0.2, 0.25) is 5.13 Å². The number of benzene rings is 1. The van der Waals surface area contributed by atoms with Crippen molar-refractivity contribution in [1.82, 2.24) is 10.2 Å². The van der Waals surface area contributed by atoms with Crippen LogP contribution in [0.2, 0.25) is 0 Å². The normalized spacial score (nSPS) is 11.5. The lowest BCUT2D eigenvalue weighted by Gasteiger charge is -2.12. The number of aromatic amines is 1. The number of nitrogens with one attached hydrogen (secondary N) is 2. The Morgan fingerprint density at radius 1 is 1.33 bits per heavy atom. The molecule has 3 nitrogen and oxygen atoms in total. The first-order chi connectivity index (χ1) is 8.47. The molecule has 0 aliphatic rings. The van der Waals surface area contributed by atoms with E-state index in [1.165, 1.54) is 23.5 Å². The zero-order valence-electron chi connectivity index (χ0n) is 8.91. The third-order valence-electron chi connectivity index (χ3n) is 2.19. The first-order valence-corrected chi connectivity index (χ1v) is 6.14. The van der Waals surface area contributed by atoms with E-state index >= 15 is 0 Å². The van der Waals surface area contributed by atoms with Gasteiger partial charge in [-0.1, -0.05) is 29.5 Å². The minimum absolute atomic E-state index is 0.0474. The minimum atomic E-state index is -4.35. The molecule has 0 aliphatic heterocycles. The lowest BCUT2D eigenvalue weighted by atomic mass is 10.1. The van der Waals surface area contributed by atoms with Crippen LogP contribution in [0.1, 0.15) is 11.1 Å². The van der Waals surface area contributed by atoms with E-state index < -0.39 is 11.7 Å². The van der Waals surface area contributed by atoms with Crippen molar-refractivity contribution >= 4 is 28.7 Å². The molecular weight excluding hydrogens is 283 g/mol. The fraction of sp³-hybridized carbons (Fsp3) is 0.200. The summed E-state index contributed by atoms with van der Waals surface area (Å²) < 4.78 is 38.6. The van der Waals surface area contributed by atoms with Crippen molar-refractivity contribution in [3.05, 3.63) is 39.3 Å². The molecule has 1 aromatic carbocycles. The second-order valence-corrected chi connectivity index (χ2v) is 5.09. The predicted octanol–water partition coefficient (Wildman–Crippen LogP) is 3.83. The number of aromatic nitrogens is 2. The molecule has 0 unspecified atom stereocenters. The van der Waals surface area contributed by atoms with Crippen LogP contribution in [-0.2, 0) is 12.7 Å². The lowest BCUT2D eigenvalue weighted by molar-refractivity contribution is -0.138. The summed E-state index contributed by atoms with van der Waals surface area (Å²) in [6.07, 6.45) is -4.35. The summed E-state index contributed by atoms with van der Waals surface area (Å²) in [6.45, 7) is 0.0474. The van der Waals surface area contributed by atoms with Crippen LogP contribution < -0.4 is 5.32 Å². The van der Waals surface area contributed by atoms with Crippen LogP contribution in [0.3, 0.4) is 0 Å². The van der Waals surface area contributed by atoms with Gasteiger partial charge in [-0.3, -0.25) is 5.10 Å². The highest BCUT2D eigenvalue weighted by Crippen LogP contribution is 2.32. The van der Waals surface area contributed by atoms with Crippen LogP contribution >= 0.6 is 23.6 Å². The second-order valence-electron chi connectivity index (χ2n) is 3.43. The Kier molecular flexibility index (Phi) is 3.67. The van der Waals surface area contributed by atoms with E-state index in [4.69, 9.17) is 12.2 Å². The van der Waals surface area contributed by atoms with Crippen LogP contribution in [0.5, 0.6) is 0 Å². The predicted molar refractivity (Wildman–Crippen MR) is 66.1 cm³/mol. The number of nitrogens with zero attached hydrogens (tertiary/aromatic N) is 1. The number of hydrogen-bond acceptors (Lipinski definition) is 4. The largest absolute Gasteiger partial charge is 0.416 e. The van der Waals surface area contributed by atoms with E-state index in [1.54, 1.807) is 6.07 Å². The average molecular weight is 291 g/mol. The summed E-state index contributed by atoms with van der Waals surface area (Å²) in [7, 11) is 0. The Balaban J connectivity index is 2.17. The third kappa shape index (κ3) is 3.08. The van der Waals surface area contributed by atoms with Gasteiger partial charge < -0.3 is 5.32 Å². The SMILES string of the molecule is FC(F)(F)c1ccccc1CNc1n[nH]c(=S)s1. The van der Waals surface area contributed by atoms with E-state index in [2.05, 4.69) is 15.5 Å². The van der Waals surface area contributed by atoms with E-state index in [9.17, 15) is 13.2 Å². The molecule has 18 heavy (non-hydrogen) atoms. The molecule has 2 aromatic rings. The molecule has 0 bridgehead atoms. The van der Waals surface area contributed by atoms with E-state index in [0.29, 0.717) is 9.09 Å². The first-order valence-electron chi connectivity index (χ1n) is 4.91. The molecule has 0 saturated heterocycles. The summed E-state index contributed by atoms with van der Waals surface area (Å²) in [6, 6.07) is 5.43. The fourth-order valence-electron chi connectivity index (χ4n) is 1.43. The van der Waals surface area contributed by atoms with Gasteiger partial charge in [-0.15, -0.1) is 5.10 Å². The van der Waals surface area contributed by atoms with E-state index in [-0.39, 0.29) is 12.1 Å². The molecule has 0 spiro atoms. The number of anilines is 1. The van der Waals surface area contributed by atoms with Crippen molar-refractivity contribution in [2.45, 2.75) is 12.7 Å². The smallest absolute Gasteiger partial charge is 0.356 e. The zero-order chi connectivity index (χ0) is 13.2. The Hall–Kier alpha value is -1.41. The van der Waals surface area contributed by atoms with Crippen molar-refractivity contribution < 1.29 is 13.2 Å². The minimum Gasteiger partial charge on any atom is -0.356 e. The molecule has 2 N–H and O–H groups in total. The second kappa shape index (κ2) is 5.07. The molecule has 96 valence electrons. The lowest BCUT2D eigenvalue weighted by Crippen LogP contribution is -2.11. The number of hydrogen-bond donors (Lipinski definition) is 2. The van der Waals surface area contributed by atoms with Gasteiger partial charge in [0.1, 0.15) is 0 Å². The fourth-order valence-corrected chi connectivity index (χ4v) is 2.21. The van der Waals surface area contributed by atoms with Gasteiger partial charge in [-0.25, -0.2) is 0 Å². The Morgan fingerprint density at radius 2 is 2.06 bits per heavy atom. The number of H-pyrrole nitrogens is 1. The molecule has 1 aromatic heterocycles. The maximum absolute atomic E-state index is 12.7. The highest BCUT2D eigenvalue weighted by Gasteiger charge is 2.32. The number of alkyl halides is 3. The van der Waals surface area contributed by atoms with Crippen molar-refractivity contribution in [1.29, 1.82) is 0 Å². The molecule has 0 saturated carbocycles. The number of rotatable bonds is 3. The Bertz CT molecular complexity index is 588. The molecule has 8 heteroatoms. The maximum atomic E-state index is 12.7. The highest BCUT2D eigenvalue weighted by atomic mass is 32.1. The monoisotopic (exact) mass is 291 g/mol. The van der Waals surface area contributed by atoms with Gasteiger partial charge in [0.15, 0.2) is 3.95 Å². The Labute approximate surface area is 110 Å². The van der Waals surface area contributed by atoms with Gasteiger partial charge in [0.05, 0.1) is 5.56 Å². The molecular formula is C10H8F3N3S2. The summed E-state index contributed by atoms with van der Waals surface area (Å²) in [5, 5.41) is 9.64. The molecule has 0 atom stereocenters. The van der Waals surface area contributed by atoms with Gasteiger partial charge >= 0.3 is 6.18 Å². The first kappa shape index (κ1) is 13.0. The van der Waals surface area contributed by atoms with Crippen LogP contribution in [0.25, 0.3) is 0 Å². The van der Waals surface area contributed by atoms with Gasteiger partial charge in [0, 0.05) is 6.54 Å². The van der Waals surface area contributed by atoms with Crippen LogP contribution in [0, 0.1) is 3.95 Å². The molecule has 0 amide bonds. The van der Waals surface area contributed by atoms with Crippen molar-refractivity contribution in [2.24, 2.45) is 0 Å². The quantitative estimate of drug-likeness (QED) is 0.844. The average Bonchev–Trinajstić information content (AvgIpc) is 2.72. The maximum Gasteiger partial charge on any atom is 0.416 e. The summed E-state index contributed by atoms with van der Waals surface area (Å²) in [5.74, 6) is 0. The molecule has 2 rings (SSSR count). The summed E-state index contributed by atoms with van der Waals surface area (Å²) >= 11 is 6.01. The van der Waals surface area contributed by atoms with Crippen molar-refractivity contribution in [3.8, 4) is 0 Å². The number of halogens is 3. The zero-order valence-corrected chi connectivity index (χ0v) is 10.5. The highest BCUT2D eigenvalue weighted by molar-refractivity contribution is 7.73. The van der Waals surface area contributed by atoms with Crippen LogP contribution in [0.4, 0.5) is 18.3 Å². The molecule has 0 fully saturated rings. The van der Waals surface area contributed by atoms with Crippen LogP contribution in [0.15, 0.2) is 24.3 Å². The van der Waals surface area contributed by atoms with Crippen molar-refractivity contribution in [2.75, 3.05) is 5.32 Å². The Morgan fingerprint density at radius 3 is 2.67 bits per heavy atom. The topological polar surface area (TPSA) is 40.7 Å². The van der Waals surface area contributed by atoms with E-state index in [1.807, 2.05) is 0 Å². The van der Waals surface area contributed by atoms with Crippen molar-refractivity contribution in [3.63, 3.8) is 0 Å². The van der Waals surface area contributed by atoms with Crippen LogP contribution in [-0.4, -0.2) is 10.2 Å². The third-order valence-corrected chi connectivity index (χ3v) is 3.24. The molecule has 0 aliphatic carbocycles. The van der Waals surface area contributed by atoms with Gasteiger partial charge in [-0.2, -0.15) is 13.2 Å². The molecule has 0 radical (unpaired) electrons. The molecule has 1 heterocycles. The van der Waals surface area contributed by atoms with Gasteiger partial charge in [0.25, 0.3) is 0 Å². The van der Waals surface area contributed by atoms with Gasteiger partial charge in [-0.05, 0) is 23.8 Å². The summed E-state index contributed by atoms with van der Waals surface area (Å²) in [5.41, 5.74) is -0.470.